The molecule has 0 aliphatic rings. The molecule has 0 saturated carbocycles. The maximum atomic E-state index is 9.21. The molecule has 0 aliphatic carbocycles. The van der Waals surface area contributed by atoms with E-state index in [0.29, 0.717) is 5.02 Å². The summed E-state index contributed by atoms with van der Waals surface area (Å²) in [6, 6.07) is 7.47. The Balaban J connectivity index is 2.99. The van der Waals surface area contributed by atoms with Crippen LogP contribution in [0, 0.1) is 0 Å². The van der Waals surface area contributed by atoms with Gasteiger partial charge in [-0.2, -0.15) is 0 Å². The summed E-state index contributed by atoms with van der Waals surface area (Å²) in [4.78, 5) is 0. The van der Waals surface area contributed by atoms with Gasteiger partial charge in [0.1, 0.15) is 0 Å². The lowest BCUT2D eigenvalue weighted by Gasteiger charge is -2.27. The second kappa shape index (κ2) is 4.09. The molecule has 0 fully saturated rings. The standard InChI is InChI=1S/C10H14ClNO/c1-10(7-13,12-2)8-3-5-9(11)6-4-8/h3-6,12-13H,7H2,1-2H3. The van der Waals surface area contributed by atoms with Crippen LogP contribution in [0.5, 0.6) is 0 Å². The van der Waals surface area contributed by atoms with E-state index >= 15 is 0 Å². The van der Waals surface area contributed by atoms with Gasteiger partial charge >= 0.3 is 0 Å². The molecule has 1 rings (SSSR count). The molecule has 3 heteroatoms. The largest absolute Gasteiger partial charge is 0.394 e. The van der Waals surface area contributed by atoms with Gasteiger partial charge in [-0.3, -0.25) is 0 Å². The molecule has 0 heterocycles. The average Bonchev–Trinajstić information content (AvgIpc) is 2.18. The lowest BCUT2D eigenvalue weighted by molar-refractivity contribution is 0.183. The summed E-state index contributed by atoms with van der Waals surface area (Å²) in [5.74, 6) is 0. The third-order valence-electron chi connectivity index (χ3n) is 2.35. The first-order valence-corrected chi connectivity index (χ1v) is 4.56. The van der Waals surface area contributed by atoms with E-state index in [1.165, 1.54) is 0 Å². The first kappa shape index (κ1) is 10.5. The van der Waals surface area contributed by atoms with Gasteiger partial charge in [-0.25, -0.2) is 0 Å². The van der Waals surface area contributed by atoms with Crippen LogP contribution in [0.1, 0.15) is 12.5 Å². The molecule has 0 radical (unpaired) electrons. The van der Waals surface area contributed by atoms with Gasteiger partial charge in [0, 0.05) is 5.02 Å². The van der Waals surface area contributed by atoms with Gasteiger partial charge in [0.25, 0.3) is 0 Å². The van der Waals surface area contributed by atoms with Gasteiger partial charge in [-0.15, -0.1) is 0 Å². The number of halogens is 1. The highest BCUT2D eigenvalue weighted by Gasteiger charge is 2.22. The van der Waals surface area contributed by atoms with Gasteiger partial charge in [0.2, 0.25) is 0 Å². The fraction of sp³-hybridized carbons (Fsp3) is 0.400. The second-order valence-corrected chi connectivity index (χ2v) is 3.68. The van der Waals surface area contributed by atoms with Gasteiger partial charge < -0.3 is 10.4 Å². The predicted molar refractivity (Wildman–Crippen MR) is 54.9 cm³/mol. The van der Waals surface area contributed by atoms with Crippen molar-refractivity contribution >= 4 is 11.6 Å². The van der Waals surface area contributed by atoms with Crippen molar-refractivity contribution in [1.82, 2.24) is 5.32 Å². The Hall–Kier alpha value is -0.570. The zero-order chi connectivity index (χ0) is 9.90. The van der Waals surface area contributed by atoms with Crippen molar-refractivity contribution < 1.29 is 5.11 Å². The van der Waals surface area contributed by atoms with Crippen molar-refractivity contribution in [2.24, 2.45) is 0 Å². The maximum Gasteiger partial charge on any atom is 0.0652 e. The Morgan fingerprint density at radius 3 is 2.31 bits per heavy atom. The van der Waals surface area contributed by atoms with Crippen LogP contribution in [0.25, 0.3) is 0 Å². The van der Waals surface area contributed by atoms with E-state index in [1.807, 2.05) is 38.2 Å². The van der Waals surface area contributed by atoms with Gasteiger partial charge in [0.05, 0.1) is 12.1 Å². The van der Waals surface area contributed by atoms with Crippen molar-refractivity contribution in [1.29, 1.82) is 0 Å². The van der Waals surface area contributed by atoms with E-state index in [-0.39, 0.29) is 12.1 Å². The predicted octanol–water partition coefficient (Wildman–Crippen LogP) is 1.77. The summed E-state index contributed by atoms with van der Waals surface area (Å²) in [5, 5.41) is 13.0. The van der Waals surface area contributed by atoms with E-state index in [0.717, 1.165) is 5.56 Å². The molecule has 1 atom stereocenters. The molecule has 1 unspecified atom stereocenters. The Morgan fingerprint density at radius 1 is 1.38 bits per heavy atom. The number of hydrogen-bond donors (Lipinski definition) is 2. The minimum Gasteiger partial charge on any atom is -0.394 e. The average molecular weight is 200 g/mol. The van der Waals surface area contributed by atoms with Crippen molar-refractivity contribution in [2.75, 3.05) is 13.7 Å². The molecule has 0 spiro atoms. The highest BCUT2D eigenvalue weighted by molar-refractivity contribution is 6.30. The Bertz CT molecular complexity index is 267. The number of likely N-dealkylation sites (N-methyl/N-ethyl adjacent to an activating group) is 1. The monoisotopic (exact) mass is 199 g/mol. The number of hydrogen-bond acceptors (Lipinski definition) is 2. The zero-order valence-electron chi connectivity index (χ0n) is 7.84. The lowest BCUT2D eigenvalue weighted by atomic mass is 9.93. The molecular formula is C10H14ClNO. The smallest absolute Gasteiger partial charge is 0.0652 e. The highest BCUT2D eigenvalue weighted by atomic mass is 35.5. The van der Waals surface area contributed by atoms with Crippen LogP contribution in [0.4, 0.5) is 0 Å². The molecule has 0 amide bonds. The summed E-state index contributed by atoms with van der Waals surface area (Å²) in [6.45, 7) is 2.00. The Morgan fingerprint density at radius 2 is 1.92 bits per heavy atom. The maximum absolute atomic E-state index is 9.21. The molecule has 0 aliphatic heterocycles. The Labute approximate surface area is 83.5 Å². The molecule has 72 valence electrons. The number of benzene rings is 1. The van der Waals surface area contributed by atoms with Crippen LogP contribution in [0.15, 0.2) is 24.3 Å². The quantitative estimate of drug-likeness (QED) is 0.778. The zero-order valence-corrected chi connectivity index (χ0v) is 8.60. The normalized spacial score (nSPS) is 15.4. The van der Waals surface area contributed by atoms with E-state index < -0.39 is 0 Å². The van der Waals surface area contributed by atoms with Crippen LogP contribution >= 0.6 is 11.6 Å². The fourth-order valence-electron chi connectivity index (χ4n) is 1.13. The molecule has 2 N–H and O–H groups in total. The number of aliphatic hydroxyl groups is 1. The van der Waals surface area contributed by atoms with Gasteiger partial charge in [-0.05, 0) is 31.7 Å². The number of nitrogens with one attached hydrogen (secondary N) is 1. The van der Waals surface area contributed by atoms with Gasteiger partial charge in [-0.1, -0.05) is 23.7 Å². The molecule has 13 heavy (non-hydrogen) atoms. The minimum atomic E-state index is -0.384. The summed E-state index contributed by atoms with van der Waals surface area (Å²) in [7, 11) is 1.82. The molecule has 1 aromatic carbocycles. The van der Waals surface area contributed by atoms with Crippen LogP contribution in [0.2, 0.25) is 5.02 Å². The van der Waals surface area contributed by atoms with Crippen molar-refractivity contribution in [3.05, 3.63) is 34.9 Å². The van der Waals surface area contributed by atoms with Crippen LogP contribution < -0.4 is 5.32 Å². The number of rotatable bonds is 3. The summed E-state index contributed by atoms with van der Waals surface area (Å²) >= 11 is 5.77. The third kappa shape index (κ3) is 2.21. The summed E-state index contributed by atoms with van der Waals surface area (Å²) < 4.78 is 0. The van der Waals surface area contributed by atoms with E-state index in [1.54, 1.807) is 0 Å². The summed E-state index contributed by atoms with van der Waals surface area (Å²) in [5.41, 5.74) is 0.645. The van der Waals surface area contributed by atoms with Crippen molar-refractivity contribution in [2.45, 2.75) is 12.5 Å². The van der Waals surface area contributed by atoms with E-state index in [9.17, 15) is 5.11 Å². The Kier molecular flexibility index (Phi) is 3.31. The molecule has 0 saturated heterocycles. The molecule has 0 bridgehead atoms. The minimum absolute atomic E-state index is 0.0606. The van der Waals surface area contributed by atoms with E-state index in [2.05, 4.69) is 5.32 Å². The number of aliphatic hydroxyl groups excluding tert-OH is 1. The fourth-order valence-corrected chi connectivity index (χ4v) is 1.26. The summed E-state index contributed by atoms with van der Waals surface area (Å²) in [6.07, 6.45) is 0. The first-order valence-electron chi connectivity index (χ1n) is 4.18. The second-order valence-electron chi connectivity index (χ2n) is 3.25. The highest BCUT2D eigenvalue weighted by Crippen LogP contribution is 2.21. The molecule has 0 aromatic heterocycles. The topological polar surface area (TPSA) is 32.3 Å². The van der Waals surface area contributed by atoms with Gasteiger partial charge in [0.15, 0.2) is 0 Å². The van der Waals surface area contributed by atoms with Crippen molar-refractivity contribution in [3.8, 4) is 0 Å². The third-order valence-corrected chi connectivity index (χ3v) is 2.60. The SMILES string of the molecule is CNC(C)(CO)c1ccc(Cl)cc1. The van der Waals surface area contributed by atoms with Crippen LogP contribution in [0.3, 0.4) is 0 Å². The van der Waals surface area contributed by atoms with Crippen LogP contribution in [-0.4, -0.2) is 18.8 Å². The molecule has 1 aromatic rings. The van der Waals surface area contributed by atoms with Crippen LogP contribution in [-0.2, 0) is 5.54 Å². The lowest BCUT2D eigenvalue weighted by Crippen LogP contribution is -2.40. The first-order chi connectivity index (χ1) is 6.12. The molecule has 2 nitrogen and oxygen atoms in total. The van der Waals surface area contributed by atoms with Crippen molar-refractivity contribution in [3.63, 3.8) is 0 Å². The molecular weight excluding hydrogens is 186 g/mol. The van der Waals surface area contributed by atoms with E-state index in [4.69, 9.17) is 11.6 Å².